The Morgan fingerprint density at radius 3 is 2.21 bits per heavy atom. The summed E-state index contributed by atoms with van der Waals surface area (Å²) in [6.45, 7) is 2.14. The van der Waals surface area contributed by atoms with E-state index in [2.05, 4.69) is 10.6 Å². The summed E-state index contributed by atoms with van der Waals surface area (Å²) in [4.78, 5) is 23.7. The van der Waals surface area contributed by atoms with Gasteiger partial charge in [0.15, 0.2) is 0 Å². The van der Waals surface area contributed by atoms with E-state index >= 15 is 0 Å². The summed E-state index contributed by atoms with van der Waals surface area (Å²) in [6.07, 6.45) is 0. The summed E-state index contributed by atoms with van der Waals surface area (Å²) < 4.78 is 0. The van der Waals surface area contributed by atoms with Crippen molar-refractivity contribution in [3.63, 3.8) is 0 Å². The Hall–Kier alpha value is -2.66. The molecule has 0 radical (unpaired) electrons. The van der Waals surface area contributed by atoms with Crippen LogP contribution in [0, 0.1) is 5.92 Å². The lowest BCUT2D eigenvalue weighted by Crippen LogP contribution is -2.39. The predicted molar refractivity (Wildman–Crippen MR) is 93.5 cm³/mol. The lowest BCUT2D eigenvalue weighted by atomic mass is 10.0. The van der Waals surface area contributed by atoms with Gasteiger partial charge in [0, 0.05) is 18.7 Å². The normalized spacial score (nSPS) is 11.6. The van der Waals surface area contributed by atoms with Gasteiger partial charge in [-0.3, -0.25) is 9.59 Å². The van der Waals surface area contributed by atoms with Gasteiger partial charge in [-0.05, 0) is 29.2 Å². The van der Waals surface area contributed by atoms with Gasteiger partial charge < -0.3 is 15.7 Å². The molecule has 0 aliphatic rings. The average molecular weight is 326 g/mol. The summed E-state index contributed by atoms with van der Waals surface area (Å²) in [6, 6.07) is 17.1. The topological polar surface area (TPSA) is 78.4 Å². The fourth-order valence-electron chi connectivity index (χ4n) is 2.12. The van der Waals surface area contributed by atoms with Crippen molar-refractivity contribution < 1.29 is 14.7 Å². The first-order chi connectivity index (χ1) is 11.6. The van der Waals surface area contributed by atoms with Crippen LogP contribution >= 0.6 is 0 Å². The van der Waals surface area contributed by atoms with Crippen LogP contribution in [0.25, 0.3) is 11.1 Å². The van der Waals surface area contributed by atoms with E-state index in [1.807, 2.05) is 49.4 Å². The minimum absolute atomic E-state index is 0.00446. The fraction of sp³-hybridized carbons (Fsp3) is 0.263. The van der Waals surface area contributed by atoms with Crippen molar-refractivity contribution in [2.45, 2.75) is 6.92 Å². The lowest BCUT2D eigenvalue weighted by Gasteiger charge is -2.10. The van der Waals surface area contributed by atoms with E-state index in [1.165, 1.54) is 0 Å². The molecule has 0 fully saturated rings. The maximum Gasteiger partial charge on any atom is 0.251 e. The molecule has 0 spiro atoms. The monoisotopic (exact) mass is 326 g/mol. The van der Waals surface area contributed by atoms with Gasteiger partial charge in [-0.15, -0.1) is 0 Å². The molecule has 0 aliphatic carbocycles. The number of aliphatic hydroxyl groups is 1. The van der Waals surface area contributed by atoms with Crippen molar-refractivity contribution in [2.24, 2.45) is 5.92 Å². The minimum atomic E-state index is -0.292. The molecular formula is C19H22N2O3. The molecule has 0 saturated heterocycles. The van der Waals surface area contributed by atoms with Crippen LogP contribution in [-0.2, 0) is 4.79 Å². The highest BCUT2D eigenvalue weighted by molar-refractivity contribution is 5.96. The van der Waals surface area contributed by atoms with E-state index in [-0.39, 0.29) is 30.9 Å². The zero-order valence-electron chi connectivity index (χ0n) is 13.7. The first-order valence-electron chi connectivity index (χ1n) is 7.91. The lowest BCUT2D eigenvalue weighted by molar-refractivity contribution is -0.120. The van der Waals surface area contributed by atoms with Gasteiger partial charge in [0.25, 0.3) is 5.91 Å². The molecule has 0 heterocycles. The van der Waals surface area contributed by atoms with Crippen LogP contribution in [0.3, 0.4) is 0 Å². The summed E-state index contributed by atoms with van der Waals surface area (Å²) in [7, 11) is 0. The first-order valence-corrected chi connectivity index (χ1v) is 7.91. The predicted octanol–water partition coefficient (Wildman–Crippen LogP) is 1.83. The first kappa shape index (κ1) is 17.7. The van der Waals surface area contributed by atoms with E-state index in [1.54, 1.807) is 12.1 Å². The number of carbonyl (C=O) groups excluding carboxylic acids is 2. The third-order valence-electron chi connectivity index (χ3n) is 3.62. The van der Waals surface area contributed by atoms with Crippen molar-refractivity contribution in [2.75, 3.05) is 19.7 Å². The number of hydrogen-bond donors (Lipinski definition) is 3. The Labute approximate surface area is 141 Å². The third-order valence-corrected chi connectivity index (χ3v) is 3.62. The average Bonchev–Trinajstić information content (AvgIpc) is 2.64. The number of aliphatic hydroxyl groups excluding tert-OH is 1. The van der Waals surface area contributed by atoms with Gasteiger partial charge in [-0.25, -0.2) is 0 Å². The Bertz CT molecular complexity index is 669. The van der Waals surface area contributed by atoms with E-state index in [0.717, 1.165) is 11.1 Å². The van der Waals surface area contributed by atoms with Crippen molar-refractivity contribution in [3.05, 3.63) is 60.2 Å². The molecule has 5 heteroatoms. The summed E-state index contributed by atoms with van der Waals surface area (Å²) in [5.74, 6) is -0.570. The Morgan fingerprint density at radius 2 is 1.58 bits per heavy atom. The van der Waals surface area contributed by atoms with Gasteiger partial charge in [0.05, 0.1) is 6.54 Å². The molecule has 24 heavy (non-hydrogen) atoms. The number of benzene rings is 2. The highest BCUT2D eigenvalue weighted by atomic mass is 16.3. The van der Waals surface area contributed by atoms with E-state index in [9.17, 15) is 9.59 Å². The second-order valence-electron chi connectivity index (χ2n) is 5.72. The molecule has 0 bridgehead atoms. The third kappa shape index (κ3) is 5.21. The zero-order valence-corrected chi connectivity index (χ0v) is 13.7. The Kier molecular flexibility index (Phi) is 6.51. The van der Waals surface area contributed by atoms with Crippen molar-refractivity contribution in [1.82, 2.24) is 10.6 Å². The SMILES string of the molecule is CC(CO)CNC(=O)CNC(=O)c1ccc(-c2ccccc2)cc1. The largest absolute Gasteiger partial charge is 0.396 e. The number of carbonyl (C=O) groups is 2. The van der Waals surface area contributed by atoms with Crippen LogP contribution in [0.1, 0.15) is 17.3 Å². The number of nitrogens with one attached hydrogen (secondary N) is 2. The van der Waals surface area contributed by atoms with E-state index < -0.39 is 0 Å². The smallest absolute Gasteiger partial charge is 0.251 e. The second kappa shape index (κ2) is 8.84. The second-order valence-corrected chi connectivity index (χ2v) is 5.72. The molecule has 1 unspecified atom stereocenters. The van der Waals surface area contributed by atoms with Crippen LogP contribution in [0.2, 0.25) is 0 Å². The number of amides is 2. The highest BCUT2D eigenvalue weighted by Gasteiger charge is 2.09. The molecule has 126 valence electrons. The Morgan fingerprint density at radius 1 is 0.958 bits per heavy atom. The van der Waals surface area contributed by atoms with Gasteiger partial charge in [-0.2, -0.15) is 0 Å². The van der Waals surface area contributed by atoms with Gasteiger partial charge >= 0.3 is 0 Å². The van der Waals surface area contributed by atoms with Crippen LogP contribution in [-0.4, -0.2) is 36.6 Å². The molecule has 0 saturated carbocycles. The maximum atomic E-state index is 12.1. The number of rotatable bonds is 7. The molecule has 3 N–H and O–H groups in total. The van der Waals surface area contributed by atoms with Gasteiger partial charge in [0.2, 0.25) is 5.91 Å². The van der Waals surface area contributed by atoms with Gasteiger partial charge in [0.1, 0.15) is 0 Å². The van der Waals surface area contributed by atoms with Crippen molar-refractivity contribution in [3.8, 4) is 11.1 Å². The Balaban J connectivity index is 1.86. The van der Waals surface area contributed by atoms with Crippen LogP contribution < -0.4 is 10.6 Å². The summed E-state index contributed by atoms with van der Waals surface area (Å²) in [5, 5.41) is 14.1. The molecule has 2 aromatic carbocycles. The number of hydrogen-bond acceptors (Lipinski definition) is 3. The molecule has 2 aromatic rings. The standard InChI is InChI=1S/C19H22N2O3/c1-14(13-22)11-20-18(23)12-21-19(24)17-9-7-16(8-10-17)15-5-3-2-4-6-15/h2-10,14,22H,11-13H2,1H3,(H,20,23)(H,21,24). The van der Waals surface area contributed by atoms with E-state index in [4.69, 9.17) is 5.11 Å². The van der Waals surface area contributed by atoms with Crippen LogP contribution in [0.4, 0.5) is 0 Å². The van der Waals surface area contributed by atoms with E-state index in [0.29, 0.717) is 12.1 Å². The molecule has 0 aliphatic heterocycles. The molecular weight excluding hydrogens is 304 g/mol. The molecule has 1 atom stereocenters. The fourth-order valence-corrected chi connectivity index (χ4v) is 2.12. The quantitative estimate of drug-likeness (QED) is 0.726. The maximum absolute atomic E-state index is 12.1. The van der Waals surface area contributed by atoms with Crippen molar-refractivity contribution in [1.29, 1.82) is 0 Å². The molecule has 0 aromatic heterocycles. The molecule has 2 rings (SSSR count). The van der Waals surface area contributed by atoms with Crippen LogP contribution in [0.5, 0.6) is 0 Å². The molecule has 2 amide bonds. The summed E-state index contributed by atoms with van der Waals surface area (Å²) in [5.41, 5.74) is 2.62. The van der Waals surface area contributed by atoms with Gasteiger partial charge in [-0.1, -0.05) is 49.4 Å². The zero-order chi connectivity index (χ0) is 17.4. The van der Waals surface area contributed by atoms with Crippen molar-refractivity contribution >= 4 is 11.8 Å². The minimum Gasteiger partial charge on any atom is -0.396 e. The highest BCUT2D eigenvalue weighted by Crippen LogP contribution is 2.19. The van der Waals surface area contributed by atoms with Crippen LogP contribution in [0.15, 0.2) is 54.6 Å². The summed E-state index contributed by atoms with van der Waals surface area (Å²) >= 11 is 0. The molecule has 5 nitrogen and oxygen atoms in total.